The van der Waals surface area contributed by atoms with Gasteiger partial charge in [0.15, 0.2) is 0 Å². The number of nitrogens with zero attached hydrogens (tertiary/aromatic N) is 6. The number of fused-ring (bicyclic) bond motifs is 6. The van der Waals surface area contributed by atoms with Crippen molar-refractivity contribution in [1.29, 1.82) is 0 Å². The maximum atomic E-state index is 4.32. The molecule has 7 rings (SSSR count). The molecule has 32 heavy (non-hydrogen) atoms. The molecule has 1 aromatic carbocycles. The first kappa shape index (κ1) is 17.1. The Kier molecular flexibility index (Phi) is 3.46. The van der Waals surface area contributed by atoms with E-state index in [0.29, 0.717) is 0 Å². The molecular formula is C26H16N6. The Balaban J connectivity index is 1.47. The van der Waals surface area contributed by atoms with Crippen molar-refractivity contribution in [2.75, 3.05) is 0 Å². The van der Waals surface area contributed by atoms with Gasteiger partial charge in [0.25, 0.3) is 0 Å². The lowest BCUT2D eigenvalue weighted by molar-refractivity contribution is 1.14. The van der Waals surface area contributed by atoms with Gasteiger partial charge in [-0.05, 0) is 48.5 Å². The molecule has 0 spiro atoms. The lowest BCUT2D eigenvalue weighted by Crippen LogP contribution is -1.97. The zero-order valence-electron chi connectivity index (χ0n) is 16.9. The molecule has 0 aliphatic heterocycles. The molecule has 0 bridgehead atoms. The monoisotopic (exact) mass is 412 g/mol. The van der Waals surface area contributed by atoms with Crippen LogP contribution >= 0.6 is 0 Å². The first-order valence-electron chi connectivity index (χ1n) is 10.4. The van der Waals surface area contributed by atoms with Gasteiger partial charge in [0.2, 0.25) is 0 Å². The molecule has 0 saturated heterocycles. The molecule has 0 saturated carbocycles. The second-order valence-electron chi connectivity index (χ2n) is 7.76. The van der Waals surface area contributed by atoms with Crippen LogP contribution in [0.5, 0.6) is 0 Å². The van der Waals surface area contributed by atoms with Gasteiger partial charge in [-0.1, -0.05) is 0 Å². The Morgan fingerprint density at radius 3 is 0.938 bits per heavy atom. The normalized spacial score (nSPS) is 11.8. The molecule has 0 atom stereocenters. The Bertz CT molecular complexity index is 1540. The van der Waals surface area contributed by atoms with E-state index in [2.05, 4.69) is 77.6 Å². The molecule has 0 fully saturated rings. The maximum Gasteiger partial charge on any atom is 0.0572 e. The van der Waals surface area contributed by atoms with E-state index in [1.807, 2.05) is 49.6 Å². The minimum atomic E-state index is 1.09. The van der Waals surface area contributed by atoms with Crippen molar-refractivity contribution in [2.45, 2.75) is 0 Å². The number of benzene rings is 1. The third-order valence-corrected chi connectivity index (χ3v) is 6.10. The highest BCUT2D eigenvalue weighted by Gasteiger charge is 2.14. The topological polar surface area (TPSA) is 61.4 Å². The lowest BCUT2D eigenvalue weighted by atomic mass is 10.2. The molecule has 0 unspecified atom stereocenters. The van der Waals surface area contributed by atoms with Gasteiger partial charge in [0.1, 0.15) is 0 Å². The number of rotatable bonds is 2. The quantitative estimate of drug-likeness (QED) is 0.378. The highest BCUT2D eigenvalue weighted by atomic mass is 15.0. The summed E-state index contributed by atoms with van der Waals surface area (Å²) >= 11 is 0. The van der Waals surface area contributed by atoms with Crippen LogP contribution in [0.2, 0.25) is 0 Å². The summed E-state index contributed by atoms with van der Waals surface area (Å²) in [4.78, 5) is 17.3. The molecule has 6 nitrogen and oxygen atoms in total. The van der Waals surface area contributed by atoms with Crippen molar-refractivity contribution >= 4 is 43.6 Å². The third-order valence-electron chi connectivity index (χ3n) is 6.10. The standard InChI is InChI=1S/C26H16N6/c1-2-18(32-25-7-11-29-15-21(25)22-16-30-12-8-26(22)32)4-3-17(1)31-23-5-9-27-13-19(23)20-14-28-10-6-24(20)31/h1-16H. The van der Waals surface area contributed by atoms with E-state index < -0.39 is 0 Å². The predicted octanol–water partition coefficient (Wildman–Crippen LogP) is 5.46. The predicted molar refractivity (Wildman–Crippen MR) is 126 cm³/mol. The van der Waals surface area contributed by atoms with Crippen LogP contribution in [0.3, 0.4) is 0 Å². The molecular weight excluding hydrogens is 396 g/mol. The number of aromatic nitrogens is 6. The summed E-state index contributed by atoms with van der Waals surface area (Å²) in [5.41, 5.74) is 6.65. The van der Waals surface area contributed by atoms with Crippen LogP contribution in [-0.4, -0.2) is 29.1 Å². The van der Waals surface area contributed by atoms with Crippen molar-refractivity contribution in [2.24, 2.45) is 0 Å². The average molecular weight is 412 g/mol. The molecule has 6 heterocycles. The molecule has 6 aromatic heterocycles. The van der Waals surface area contributed by atoms with E-state index in [1.165, 1.54) is 0 Å². The lowest BCUT2D eigenvalue weighted by Gasteiger charge is -2.11. The molecule has 7 aromatic rings. The van der Waals surface area contributed by atoms with E-state index in [1.54, 1.807) is 0 Å². The average Bonchev–Trinajstić information content (AvgIpc) is 3.38. The van der Waals surface area contributed by atoms with Crippen molar-refractivity contribution in [3.05, 3.63) is 98.1 Å². The van der Waals surface area contributed by atoms with Crippen LogP contribution in [-0.2, 0) is 0 Å². The Labute approximate surface area is 182 Å². The molecule has 150 valence electrons. The van der Waals surface area contributed by atoms with E-state index in [-0.39, 0.29) is 0 Å². The van der Waals surface area contributed by atoms with Gasteiger partial charge in [0, 0.05) is 82.5 Å². The number of hydrogen-bond acceptors (Lipinski definition) is 4. The fourth-order valence-corrected chi connectivity index (χ4v) is 4.73. The maximum absolute atomic E-state index is 4.32. The van der Waals surface area contributed by atoms with Crippen LogP contribution < -0.4 is 0 Å². The van der Waals surface area contributed by atoms with Crippen LogP contribution in [0.4, 0.5) is 0 Å². The Morgan fingerprint density at radius 1 is 0.375 bits per heavy atom. The van der Waals surface area contributed by atoms with Crippen molar-refractivity contribution in [1.82, 2.24) is 29.1 Å². The number of hydrogen-bond donors (Lipinski definition) is 0. The van der Waals surface area contributed by atoms with Gasteiger partial charge in [0.05, 0.1) is 22.1 Å². The minimum absolute atomic E-state index is 1.09. The molecule has 0 radical (unpaired) electrons. The second kappa shape index (κ2) is 6.46. The van der Waals surface area contributed by atoms with E-state index in [4.69, 9.17) is 0 Å². The zero-order valence-corrected chi connectivity index (χ0v) is 16.9. The number of pyridine rings is 4. The van der Waals surface area contributed by atoms with Crippen LogP contribution in [0.1, 0.15) is 0 Å². The van der Waals surface area contributed by atoms with Gasteiger partial charge >= 0.3 is 0 Å². The van der Waals surface area contributed by atoms with Crippen LogP contribution in [0, 0.1) is 0 Å². The Morgan fingerprint density at radius 2 is 0.656 bits per heavy atom. The zero-order chi connectivity index (χ0) is 21.1. The van der Waals surface area contributed by atoms with Gasteiger partial charge in [-0.2, -0.15) is 0 Å². The highest BCUT2D eigenvalue weighted by Crippen LogP contribution is 2.33. The molecule has 0 N–H and O–H groups in total. The van der Waals surface area contributed by atoms with Crippen LogP contribution in [0.25, 0.3) is 55.0 Å². The summed E-state index contributed by atoms with van der Waals surface area (Å²) in [6.45, 7) is 0. The summed E-state index contributed by atoms with van der Waals surface area (Å²) in [5, 5.41) is 4.40. The smallest absolute Gasteiger partial charge is 0.0572 e. The summed E-state index contributed by atoms with van der Waals surface area (Å²) in [7, 11) is 0. The molecule has 6 heteroatoms. The van der Waals surface area contributed by atoms with E-state index in [0.717, 1.165) is 55.0 Å². The van der Waals surface area contributed by atoms with Crippen molar-refractivity contribution in [3.63, 3.8) is 0 Å². The molecule has 0 aliphatic carbocycles. The van der Waals surface area contributed by atoms with Gasteiger partial charge in [-0.3, -0.25) is 19.9 Å². The second-order valence-corrected chi connectivity index (χ2v) is 7.76. The Hall–Kier alpha value is -4.58. The summed E-state index contributed by atoms with van der Waals surface area (Å²) < 4.78 is 4.52. The fourth-order valence-electron chi connectivity index (χ4n) is 4.73. The third kappa shape index (κ3) is 2.29. The highest BCUT2D eigenvalue weighted by molar-refractivity contribution is 6.09. The van der Waals surface area contributed by atoms with Gasteiger partial charge in [-0.15, -0.1) is 0 Å². The van der Waals surface area contributed by atoms with Crippen molar-refractivity contribution in [3.8, 4) is 11.4 Å². The van der Waals surface area contributed by atoms with Crippen LogP contribution in [0.15, 0.2) is 98.1 Å². The molecule has 0 amide bonds. The van der Waals surface area contributed by atoms with Gasteiger partial charge in [-0.25, -0.2) is 0 Å². The van der Waals surface area contributed by atoms with E-state index >= 15 is 0 Å². The summed E-state index contributed by atoms with van der Waals surface area (Å²) in [6.07, 6.45) is 15.0. The summed E-state index contributed by atoms with van der Waals surface area (Å²) in [5.74, 6) is 0. The van der Waals surface area contributed by atoms with E-state index in [9.17, 15) is 0 Å². The first-order valence-corrected chi connectivity index (χ1v) is 10.4. The SMILES string of the molecule is c1cc2c(cn1)c1cnccc1n2-c1ccc(-n2c3ccncc3c3cnccc32)cc1. The van der Waals surface area contributed by atoms with Crippen molar-refractivity contribution < 1.29 is 0 Å². The summed E-state index contributed by atoms with van der Waals surface area (Å²) in [6, 6.07) is 16.9. The molecule has 0 aliphatic rings. The minimum Gasteiger partial charge on any atom is -0.309 e. The first-order chi connectivity index (χ1) is 15.9. The largest absolute Gasteiger partial charge is 0.309 e. The van der Waals surface area contributed by atoms with Gasteiger partial charge < -0.3 is 9.13 Å². The fraction of sp³-hybridized carbons (Fsp3) is 0.